The molecular formula is C22H23N2OP. The summed E-state index contributed by atoms with van der Waals surface area (Å²) in [5.41, 5.74) is 0. The largest absolute Gasteiger partial charge is 0.325 e. The SMILES string of the molecule is CC(=O)N1CCNC1C1C=CC=C1P(c1ccccc1)c1ccccc1. The Morgan fingerprint density at radius 3 is 2.23 bits per heavy atom. The Kier molecular flexibility index (Phi) is 5.01. The highest BCUT2D eigenvalue weighted by atomic mass is 31.1. The van der Waals surface area contributed by atoms with Crippen LogP contribution in [-0.2, 0) is 4.79 Å². The molecule has 3 nitrogen and oxygen atoms in total. The van der Waals surface area contributed by atoms with Crippen LogP contribution in [0.5, 0.6) is 0 Å². The van der Waals surface area contributed by atoms with E-state index < -0.39 is 7.92 Å². The monoisotopic (exact) mass is 362 g/mol. The minimum atomic E-state index is -0.625. The van der Waals surface area contributed by atoms with Crippen molar-refractivity contribution in [2.75, 3.05) is 13.1 Å². The van der Waals surface area contributed by atoms with Crippen molar-refractivity contribution in [3.05, 3.63) is 84.2 Å². The van der Waals surface area contributed by atoms with Crippen LogP contribution in [0.25, 0.3) is 0 Å². The van der Waals surface area contributed by atoms with Gasteiger partial charge in [0.15, 0.2) is 0 Å². The van der Waals surface area contributed by atoms with Crippen LogP contribution < -0.4 is 15.9 Å². The van der Waals surface area contributed by atoms with Crippen molar-refractivity contribution in [1.29, 1.82) is 0 Å². The lowest BCUT2D eigenvalue weighted by atomic mass is 10.1. The maximum absolute atomic E-state index is 12.1. The zero-order valence-electron chi connectivity index (χ0n) is 14.9. The van der Waals surface area contributed by atoms with E-state index in [0.29, 0.717) is 0 Å². The van der Waals surface area contributed by atoms with Crippen molar-refractivity contribution in [2.24, 2.45) is 5.92 Å². The first-order valence-corrected chi connectivity index (χ1v) is 10.4. The van der Waals surface area contributed by atoms with Crippen LogP contribution in [0.1, 0.15) is 6.92 Å². The summed E-state index contributed by atoms with van der Waals surface area (Å²) >= 11 is 0. The predicted octanol–water partition coefficient (Wildman–Crippen LogP) is 2.97. The van der Waals surface area contributed by atoms with E-state index in [4.69, 9.17) is 0 Å². The van der Waals surface area contributed by atoms with Gasteiger partial charge in [0.25, 0.3) is 0 Å². The normalized spacial score (nSPS) is 22.1. The zero-order chi connectivity index (χ0) is 17.9. The van der Waals surface area contributed by atoms with Crippen LogP contribution in [0.3, 0.4) is 0 Å². The van der Waals surface area contributed by atoms with Gasteiger partial charge in [-0.05, 0) is 23.8 Å². The summed E-state index contributed by atoms with van der Waals surface area (Å²) in [4.78, 5) is 14.0. The second kappa shape index (κ2) is 7.57. The smallest absolute Gasteiger partial charge is 0.220 e. The molecule has 26 heavy (non-hydrogen) atoms. The Labute approximate surface area is 156 Å². The van der Waals surface area contributed by atoms with Crippen molar-refractivity contribution >= 4 is 24.4 Å². The first kappa shape index (κ1) is 17.2. The molecule has 0 radical (unpaired) electrons. The maximum Gasteiger partial charge on any atom is 0.220 e. The molecule has 0 spiro atoms. The van der Waals surface area contributed by atoms with Gasteiger partial charge in [0.2, 0.25) is 5.91 Å². The van der Waals surface area contributed by atoms with Crippen LogP contribution in [0.15, 0.2) is 84.2 Å². The Bertz CT molecular complexity index is 792. The van der Waals surface area contributed by atoms with Crippen molar-refractivity contribution in [1.82, 2.24) is 10.2 Å². The fourth-order valence-corrected chi connectivity index (χ4v) is 6.43. The van der Waals surface area contributed by atoms with Crippen LogP contribution in [0.4, 0.5) is 0 Å². The van der Waals surface area contributed by atoms with Gasteiger partial charge in [-0.2, -0.15) is 0 Å². The molecule has 0 saturated carbocycles. The number of hydrogen-bond donors (Lipinski definition) is 1. The van der Waals surface area contributed by atoms with E-state index in [0.717, 1.165) is 13.1 Å². The molecule has 1 aliphatic carbocycles. The number of rotatable bonds is 4. The topological polar surface area (TPSA) is 32.3 Å². The summed E-state index contributed by atoms with van der Waals surface area (Å²) in [7, 11) is -0.625. The van der Waals surface area contributed by atoms with E-state index in [2.05, 4.69) is 84.2 Å². The Hall–Kier alpha value is -2.22. The number of amides is 1. The number of carbonyl (C=O) groups excluding carboxylic acids is 1. The van der Waals surface area contributed by atoms with Gasteiger partial charge in [0.1, 0.15) is 0 Å². The third kappa shape index (κ3) is 3.25. The fourth-order valence-electron chi connectivity index (χ4n) is 3.83. The van der Waals surface area contributed by atoms with Gasteiger partial charge in [-0.15, -0.1) is 0 Å². The Morgan fingerprint density at radius 2 is 1.65 bits per heavy atom. The number of nitrogens with zero attached hydrogens (tertiary/aromatic N) is 1. The molecule has 1 heterocycles. The van der Waals surface area contributed by atoms with Gasteiger partial charge in [-0.25, -0.2) is 0 Å². The van der Waals surface area contributed by atoms with Gasteiger partial charge in [0, 0.05) is 25.9 Å². The molecule has 4 rings (SSSR count). The minimum Gasteiger partial charge on any atom is -0.325 e. The predicted molar refractivity (Wildman–Crippen MR) is 109 cm³/mol. The van der Waals surface area contributed by atoms with Crippen molar-refractivity contribution in [3.8, 4) is 0 Å². The molecule has 132 valence electrons. The van der Waals surface area contributed by atoms with Crippen LogP contribution in [-0.4, -0.2) is 30.1 Å². The third-order valence-corrected chi connectivity index (χ3v) is 7.59. The summed E-state index contributed by atoms with van der Waals surface area (Å²) in [5, 5.41) is 7.64. The first-order chi connectivity index (χ1) is 12.8. The Balaban J connectivity index is 1.73. The molecule has 2 atom stereocenters. The molecule has 0 aromatic heterocycles. The van der Waals surface area contributed by atoms with Crippen molar-refractivity contribution < 1.29 is 4.79 Å². The zero-order valence-corrected chi connectivity index (χ0v) is 15.8. The van der Waals surface area contributed by atoms with E-state index in [1.165, 1.54) is 15.9 Å². The molecule has 2 aromatic carbocycles. The second-order valence-corrected chi connectivity index (χ2v) is 8.84. The van der Waals surface area contributed by atoms with E-state index in [1.807, 2.05) is 4.90 Å². The summed E-state index contributed by atoms with van der Waals surface area (Å²) < 4.78 is 0. The van der Waals surface area contributed by atoms with Gasteiger partial charge in [-0.3, -0.25) is 10.1 Å². The van der Waals surface area contributed by atoms with Gasteiger partial charge >= 0.3 is 0 Å². The summed E-state index contributed by atoms with van der Waals surface area (Å²) in [6, 6.07) is 21.5. The van der Waals surface area contributed by atoms with Crippen LogP contribution in [0.2, 0.25) is 0 Å². The van der Waals surface area contributed by atoms with Crippen molar-refractivity contribution in [2.45, 2.75) is 13.1 Å². The van der Waals surface area contributed by atoms with Gasteiger partial charge in [0.05, 0.1) is 6.17 Å². The molecule has 4 heteroatoms. The maximum atomic E-state index is 12.1. The average Bonchev–Trinajstić information content (AvgIpc) is 3.33. The summed E-state index contributed by atoms with van der Waals surface area (Å²) in [5.74, 6) is 0.358. The number of allylic oxidation sites excluding steroid dienone is 2. The Morgan fingerprint density at radius 1 is 1.04 bits per heavy atom. The van der Waals surface area contributed by atoms with Gasteiger partial charge in [-0.1, -0.05) is 78.9 Å². The minimum absolute atomic E-state index is 0.0509. The van der Waals surface area contributed by atoms with Crippen LogP contribution >= 0.6 is 7.92 Å². The average molecular weight is 362 g/mol. The molecule has 1 amide bonds. The van der Waals surface area contributed by atoms with Crippen LogP contribution in [0, 0.1) is 5.92 Å². The summed E-state index contributed by atoms with van der Waals surface area (Å²) in [6.07, 6.45) is 6.71. The molecule has 2 aliphatic rings. The van der Waals surface area contributed by atoms with E-state index in [9.17, 15) is 4.79 Å². The standard InChI is InChI=1S/C22H23N2OP/c1-17(25)24-16-15-23-22(24)20-13-8-14-21(20)26(18-9-4-2-5-10-18)19-11-6-3-7-12-19/h2-14,20,22-23H,15-16H2,1H3. The lowest BCUT2D eigenvalue weighted by molar-refractivity contribution is -0.130. The lowest BCUT2D eigenvalue weighted by Crippen LogP contribution is -2.44. The summed E-state index contributed by atoms with van der Waals surface area (Å²) in [6.45, 7) is 3.31. The lowest BCUT2D eigenvalue weighted by Gasteiger charge is -2.33. The molecule has 2 unspecified atom stereocenters. The first-order valence-electron chi connectivity index (χ1n) is 9.05. The molecule has 1 N–H and O–H groups in total. The quantitative estimate of drug-likeness (QED) is 0.848. The van der Waals surface area contributed by atoms with E-state index in [1.54, 1.807) is 6.92 Å². The number of carbonyl (C=O) groups is 1. The molecule has 1 fully saturated rings. The van der Waals surface area contributed by atoms with Gasteiger partial charge < -0.3 is 4.90 Å². The number of benzene rings is 2. The molecular weight excluding hydrogens is 339 g/mol. The third-order valence-electron chi connectivity index (χ3n) is 5.00. The highest BCUT2D eigenvalue weighted by molar-refractivity contribution is 7.76. The number of nitrogens with one attached hydrogen (secondary N) is 1. The molecule has 2 aromatic rings. The number of hydrogen-bond acceptors (Lipinski definition) is 2. The van der Waals surface area contributed by atoms with Crippen molar-refractivity contribution in [3.63, 3.8) is 0 Å². The second-order valence-electron chi connectivity index (χ2n) is 6.62. The van der Waals surface area contributed by atoms with E-state index >= 15 is 0 Å². The highest BCUT2D eigenvalue weighted by Gasteiger charge is 2.37. The molecule has 0 bridgehead atoms. The molecule has 1 aliphatic heterocycles. The fraction of sp³-hybridized carbons (Fsp3) is 0.227. The highest BCUT2D eigenvalue weighted by Crippen LogP contribution is 2.50. The molecule has 1 saturated heterocycles. The van der Waals surface area contributed by atoms with E-state index in [-0.39, 0.29) is 18.0 Å².